The Morgan fingerprint density at radius 1 is 1.33 bits per heavy atom. The van der Waals surface area contributed by atoms with Crippen LogP contribution in [0.15, 0.2) is 29.6 Å². The summed E-state index contributed by atoms with van der Waals surface area (Å²) in [6.07, 6.45) is 0.302. The number of hydrogen-bond donors (Lipinski definition) is 2. The first kappa shape index (κ1) is 13.6. The zero-order valence-electron chi connectivity index (χ0n) is 11.0. The Kier molecular flexibility index (Phi) is 3.34. The highest BCUT2D eigenvalue weighted by Gasteiger charge is 2.35. The first-order valence-electron chi connectivity index (χ1n) is 6.38. The van der Waals surface area contributed by atoms with E-state index in [1.165, 1.54) is 4.90 Å². The van der Waals surface area contributed by atoms with Gasteiger partial charge < -0.3 is 15.7 Å². The predicted octanol–water partition coefficient (Wildman–Crippen LogP) is 1.38. The van der Waals surface area contributed by atoms with Crippen molar-refractivity contribution in [1.29, 1.82) is 0 Å². The molecule has 1 aromatic heterocycles. The van der Waals surface area contributed by atoms with Gasteiger partial charge in [0.25, 0.3) is 5.91 Å². The van der Waals surface area contributed by atoms with Gasteiger partial charge in [-0.05, 0) is 11.1 Å². The molecule has 0 spiro atoms. The maximum Gasteiger partial charge on any atom is 0.326 e. The lowest BCUT2D eigenvalue weighted by Gasteiger charge is -2.34. The molecule has 1 atom stereocenters. The fourth-order valence-electron chi connectivity index (χ4n) is 2.49. The molecule has 1 aromatic carbocycles. The number of amides is 1. The maximum atomic E-state index is 12.5. The largest absolute Gasteiger partial charge is 0.480 e. The van der Waals surface area contributed by atoms with Gasteiger partial charge >= 0.3 is 5.97 Å². The Morgan fingerprint density at radius 3 is 2.67 bits per heavy atom. The highest BCUT2D eigenvalue weighted by atomic mass is 32.1. The second-order valence-electron chi connectivity index (χ2n) is 4.83. The molecule has 7 heteroatoms. The van der Waals surface area contributed by atoms with E-state index in [-0.39, 0.29) is 12.2 Å². The summed E-state index contributed by atoms with van der Waals surface area (Å²) >= 11 is 1.16. The molecule has 2 heterocycles. The second kappa shape index (κ2) is 5.17. The van der Waals surface area contributed by atoms with Gasteiger partial charge in [-0.2, -0.15) is 0 Å². The van der Waals surface area contributed by atoms with Crippen molar-refractivity contribution < 1.29 is 14.7 Å². The lowest BCUT2D eigenvalue weighted by Crippen LogP contribution is -2.48. The second-order valence-corrected chi connectivity index (χ2v) is 5.72. The molecule has 0 aliphatic carbocycles. The normalized spacial score (nSPS) is 17.3. The maximum absolute atomic E-state index is 12.5. The summed E-state index contributed by atoms with van der Waals surface area (Å²) < 4.78 is 0. The van der Waals surface area contributed by atoms with Gasteiger partial charge in [0.1, 0.15) is 11.7 Å². The van der Waals surface area contributed by atoms with Crippen LogP contribution in [0.5, 0.6) is 0 Å². The summed E-state index contributed by atoms with van der Waals surface area (Å²) in [6, 6.07) is 6.67. The SMILES string of the molecule is Nc1nc(C(=O)N2Cc3ccccc3CC2C(=O)O)cs1. The third-order valence-corrected chi connectivity index (χ3v) is 4.21. The van der Waals surface area contributed by atoms with Crippen LogP contribution in [0, 0.1) is 0 Å². The molecule has 3 rings (SSSR count). The molecular formula is C14H13N3O3S. The number of fused-ring (bicyclic) bond motifs is 1. The van der Waals surface area contributed by atoms with Crippen LogP contribution in [-0.4, -0.2) is 32.9 Å². The van der Waals surface area contributed by atoms with E-state index in [1.54, 1.807) is 5.38 Å². The van der Waals surface area contributed by atoms with E-state index >= 15 is 0 Å². The van der Waals surface area contributed by atoms with Crippen molar-refractivity contribution in [2.24, 2.45) is 0 Å². The average Bonchev–Trinajstić information content (AvgIpc) is 2.91. The number of nitrogens with zero attached hydrogens (tertiary/aromatic N) is 2. The molecule has 0 saturated heterocycles. The molecule has 1 amide bonds. The average molecular weight is 303 g/mol. The zero-order chi connectivity index (χ0) is 15.0. The lowest BCUT2D eigenvalue weighted by atomic mass is 9.94. The number of rotatable bonds is 2. The number of thiazole rings is 1. The Balaban J connectivity index is 1.96. The van der Waals surface area contributed by atoms with E-state index < -0.39 is 17.9 Å². The van der Waals surface area contributed by atoms with E-state index in [0.29, 0.717) is 11.6 Å². The van der Waals surface area contributed by atoms with Gasteiger partial charge in [-0.15, -0.1) is 11.3 Å². The highest BCUT2D eigenvalue weighted by molar-refractivity contribution is 7.13. The Labute approximate surface area is 124 Å². The van der Waals surface area contributed by atoms with Crippen molar-refractivity contribution in [2.45, 2.75) is 19.0 Å². The molecule has 21 heavy (non-hydrogen) atoms. The number of carboxylic acids is 1. The van der Waals surface area contributed by atoms with Crippen LogP contribution in [0.4, 0.5) is 5.13 Å². The van der Waals surface area contributed by atoms with Gasteiger partial charge in [0.2, 0.25) is 0 Å². The number of carboxylic acid groups (broad SMARTS) is 1. The Bertz CT molecular complexity index is 713. The minimum Gasteiger partial charge on any atom is -0.480 e. The van der Waals surface area contributed by atoms with Crippen LogP contribution < -0.4 is 5.73 Å². The van der Waals surface area contributed by atoms with E-state index in [0.717, 1.165) is 22.5 Å². The van der Waals surface area contributed by atoms with Crippen LogP contribution in [0.2, 0.25) is 0 Å². The van der Waals surface area contributed by atoms with E-state index in [9.17, 15) is 14.7 Å². The molecule has 3 N–H and O–H groups in total. The summed E-state index contributed by atoms with van der Waals surface area (Å²) in [4.78, 5) is 29.3. The topological polar surface area (TPSA) is 96.5 Å². The zero-order valence-corrected chi connectivity index (χ0v) is 11.8. The summed E-state index contributed by atoms with van der Waals surface area (Å²) in [5.74, 6) is -1.41. The predicted molar refractivity (Wildman–Crippen MR) is 78.0 cm³/mol. The smallest absolute Gasteiger partial charge is 0.326 e. The van der Waals surface area contributed by atoms with Crippen molar-refractivity contribution >= 4 is 28.3 Å². The standard InChI is InChI=1S/C14H13N3O3S/c15-14-16-10(7-21-14)12(18)17-6-9-4-2-1-3-8(9)5-11(17)13(19)20/h1-4,7,11H,5-6H2,(H2,15,16)(H,19,20). The van der Waals surface area contributed by atoms with E-state index in [4.69, 9.17) is 5.73 Å². The van der Waals surface area contributed by atoms with Crippen LogP contribution in [0.25, 0.3) is 0 Å². The van der Waals surface area contributed by atoms with Gasteiger partial charge in [-0.1, -0.05) is 24.3 Å². The number of hydrogen-bond acceptors (Lipinski definition) is 5. The first-order valence-corrected chi connectivity index (χ1v) is 7.26. The monoisotopic (exact) mass is 303 g/mol. The fourth-order valence-corrected chi connectivity index (χ4v) is 3.03. The van der Waals surface area contributed by atoms with Crippen molar-refractivity contribution in [3.05, 3.63) is 46.5 Å². The summed E-state index contributed by atoms with van der Waals surface area (Å²) in [5, 5.41) is 11.2. The molecule has 0 fully saturated rings. The number of nitrogens with two attached hydrogens (primary N) is 1. The number of aromatic nitrogens is 1. The number of carbonyl (C=O) groups excluding carboxylic acids is 1. The number of aliphatic carboxylic acids is 1. The van der Waals surface area contributed by atoms with Gasteiger partial charge in [0, 0.05) is 18.3 Å². The number of benzene rings is 1. The van der Waals surface area contributed by atoms with Crippen molar-refractivity contribution in [2.75, 3.05) is 5.73 Å². The molecule has 1 unspecified atom stereocenters. The summed E-state index contributed by atoms with van der Waals surface area (Å²) in [6.45, 7) is 0.267. The molecule has 1 aliphatic heterocycles. The fraction of sp³-hybridized carbons (Fsp3) is 0.214. The van der Waals surface area contributed by atoms with Crippen LogP contribution in [0.1, 0.15) is 21.6 Å². The minimum absolute atomic E-state index is 0.197. The molecular weight excluding hydrogens is 290 g/mol. The van der Waals surface area contributed by atoms with Crippen molar-refractivity contribution in [3.63, 3.8) is 0 Å². The number of nitrogen functional groups attached to an aromatic ring is 1. The molecule has 1 aliphatic rings. The Morgan fingerprint density at radius 2 is 2.05 bits per heavy atom. The summed E-state index contributed by atoms with van der Waals surface area (Å²) in [7, 11) is 0. The van der Waals surface area contributed by atoms with E-state index in [1.807, 2.05) is 24.3 Å². The molecule has 2 aromatic rings. The van der Waals surface area contributed by atoms with Crippen LogP contribution in [-0.2, 0) is 17.8 Å². The molecule has 0 radical (unpaired) electrons. The highest BCUT2D eigenvalue weighted by Crippen LogP contribution is 2.25. The van der Waals surface area contributed by atoms with Gasteiger partial charge in [0.05, 0.1) is 0 Å². The number of carbonyl (C=O) groups is 2. The van der Waals surface area contributed by atoms with Gasteiger partial charge in [-0.3, -0.25) is 4.79 Å². The van der Waals surface area contributed by atoms with Crippen LogP contribution >= 0.6 is 11.3 Å². The summed E-state index contributed by atoms with van der Waals surface area (Å²) in [5.41, 5.74) is 7.66. The quantitative estimate of drug-likeness (QED) is 0.873. The minimum atomic E-state index is -1.01. The first-order chi connectivity index (χ1) is 10.1. The van der Waals surface area contributed by atoms with Crippen molar-refractivity contribution in [1.82, 2.24) is 9.88 Å². The van der Waals surface area contributed by atoms with Crippen LogP contribution in [0.3, 0.4) is 0 Å². The van der Waals surface area contributed by atoms with Gasteiger partial charge in [-0.25, -0.2) is 9.78 Å². The molecule has 0 saturated carbocycles. The molecule has 108 valence electrons. The molecule has 6 nitrogen and oxygen atoms in total. The Hall–Kier alpha value is -2.41. The molecule has 0 bridgehead atoms. The van der Waals surface area contributed by atoms with Gasteiger partial charge in [0.15, 0.2) is 5.13 Å². The van der Waals surface area contributed by atoms with Crippen molar-refractivity contribution in [3.8, 4) is 0 Å². The third kappa shape index (κ3) is 2.47. The third-order valence-electron chi connectivity index (χ3n) is 3.54. The van der Waals surface area contributed by atoms with E-state index in [2.05, 4.69) is 4.98 Å². The lowest BCUT2D eigenvalue weighted by molar-refractivity contribution is -0.142. The number of anilines is 1.